The summed E-state index contributed by atoms with van der Waals surface area (Å²) in [5, 5.41) is 11.9. The maximum absolute atomic E-state index is 12.8. The van der Waals surface area contributed by atoms with Crippen molar-refractivity contribution in [2.45, 2.75) is 84.2 Å². The van der Waals surface area contributed by atoms with Crippen molar-refractivity contribution in [1.29, 1.82) is 0 Å². The molecule has 3 heterocycles. The second kappa shape index (κ2) is 10.5. The lowest BCUT2D eigenvalue weighted by Crippen LogP contribution is -2.47. The minimum atomic E-state index is -4.35. The van der Waals surface area contributed by atoms with Crippen LogP contribution < -0.4 is 24.8 Å². The summed E-state index contributed by atoms with van der Waals surface area (Å²) in [7, 11) is -0.305. The molecule has 248 valence electrons. The summed E-state index contributed by atoms with van der Waals surface area (Å²) >= 11 is 0. The fourth-order valence-electron chi connectivity index (χ4n) is 7.44. The molecule has 1 atom stereocenters. The summed E-state index contributed by atoms with van der Waals surface area (Å²) in [5.74, 6) is -0.165. The van der Waals surface area contributed by atoms with Crippen molar-refractivity contribution in [2.75, 3.05) is 24.7 Å². The number of hydrogen-bond donors (Lipinski definition) is 2. The zero-order chi connectivity index (χ0) is 34.6. The third-order valence-corrected chi connectivity index (χ3v) is 11.1. The summed E-state index contributed by atoms with van der Waals surface area (Å²) in [6.45, 7) is 16.9. The van der Waals surface area contributed by atoms with Gasteiger partial charge in [-0.15, -0.1) is 0 Å². The van der Waals surface area contributed by atoms with Crippen LogP contribution in [0.25, 0.3) is 11.1 Å². The molecule has 6 rings (SSSR count). The fourth-order valence-corrected chi connectivity index (χ4v) is 8.07. The molecule has 0 aromatic heterocycles. The van der Waals surface area contributed by atoms with Crippen LogP contribution in [0.5, 0.6) is 11.5 Å². The topological polar surface area (TPSA) is 107 Å². The van der Waals surface area contributed by atoms with Crippen LogP contribution in [0.2, 0.25) is 0 Å². The second-order valence-electron chi connectivity index (χ2n) is 15.7. The molecule has 0 aliphatic carbocycles. The van der Waals surface area contributed by atoms with E-state index >= 15 is 0 Å². The van der Waals surface area contributed by atoms with Crippen LogP contribution in [0.3, 0.4) is 0 Å². The molecule has 0 saturated heterocycles. The smallest absolute Gasteiger partial charge is 0.336 e. The lowest BCUT2D eigenvalue weighted by Gasteiger charge is -2.46. The Kier molecular flexibility index (Phi) is 7.38. The number of hydrogen-bond acceptors (Lipinski definition) is 5. The Bertz CT molecular complexity index is 2150. The van der Waals surface area contributed by atoms with Gasteiger partial charge in [0.05, 0.1) is 17.2 Å². The highest BCUT2D eigenvalue weighted by Gasteiger charge is 2.38. The number of likely N-dealkylation sites (N-methyl/N-ethyl adjacent to an activating group) is 1. The molecule has 3 aromatic rings. The van der Waals surface area contributed by atoms with Gasteiger partial charge in [-0.05, 0) is 84.2 Å². The second-order valence-corrected chi connectivity index (χ2v) is 17.1. The molecule has 1 unspecified atom stereocenters. The highest BCUT2D eigenvalue weighted by molar-refractivity contribution is 7.86. The van der Waals surface area contributed by atoms with Crippen molar-refractivity contribution >= 4 is 32.9 Å². The molecule has 0 amide bonds. The Hall–Kier alpha value is -3.95. The number of aromatic carboxylic acids is 1. The summed E-state index contributed by atoms with van der Waals surface area (Å²) in [6, 6.07) is 13.6. The van der Waals surface area contributed by atoms with Crippen LogP contribution in [0.15, 0.2) is 48.5 Å². The Morgan fingerprint density at radius 2 is 1.70 bits per heavy atom. The first-order valence-electron chi connectivity index (χ1n) is 16.0. The molecule has 3 aromatic carbocycles. The van der Waals surface area contributed by atoms with Crippen molar-refractivity contribution in [3.8, 4) is 11.5 Å². The molecule has 8 nitrogen and oxygen atoms in total. The van der Waals surface area contributed by atoms with Crippen molar-refractivity contribution in [3.63, 3.8) is 0 Å². The maximum Gasteiger partial charge on any atom is 0.336 e. The van der Waals surface area contributed by atoms with E-state index in [9.17, 15) is 22.9 Å². The summed E-state index contributed by atoms with van der Waals surface area (Å²) < 4.78 is 43.2. The molecular weight excluding hydrogens is 612 g/mol. The monoisotopic (exact) mass is 657 g/mol. The van der Waals surface area contributed by atoms with Gasteiger partial charge in [-0.1, -0.05) is 33.8 Å². The molecule has 3 aliphatic rings. The van der Waals surface area contributed by atoms with E-state index in [4.69, 9.17) is 4.74 Å². The number of fused-ring (bicyclic) bond motifs is 4. The number of rotatable bonds is 4. The predicted octanol–water partition coefficient (Wildman–Crippen LogP) is 5.94. The molecule has 0 saturated carbocycles. The molecule has 0 bridgehead atoms. The molecule has 0 spiro atoms. The van der Waals surface area contributed by atoms with Crippen LogP contribution >= 0.6 is 0 Å². The zero-order valence-electron chi connectivity index (χ0n) is 28.9. The van der Waals surface area contributed by atoms with Crippen molar-refractivity contribution in [3.05, 3.63) is 92.5 Å². The molecular formula is C38H45N2O6S+. The quantitative estimate of drug-likeness (QED) is 0.207. The van der Waals surface area contributed by atoms with Gasteiger partial charge >= 0.3 is 5.97 Å². The fraction of sp³-hybridized carbons (Fsp3) is 0.421. The van der Waals surface area contributed by atoms with Crippen LogP contribution in [0, 0.1) is 0 Å². The van der Waals surface area contributed by atoms with Gasteiger partial charge in [0.1, 0.15) is 24.3 Å². The van der Waals surface area contributed by atoms with Crippen molar-refractivity contribution < 1.29 is 27.6 Å². The van der Waals surface area contributed by atoms with Gasteiger partial charge in [0, 0.05) is 54.5 Å². The average Bonchev–Trinajstić information content (AvgIpc) is 2.94. The van der Waals surface area contributed by atoms with E-state index in [1.165, 1.54) is 0 Å². The van der Waals surface area contributed by atoms with E-state index in [2.05, 4.69) is 70.2 Å². The first kappa shape index (κ1) is 33.0. The third kappa shape index (κ3) is 5.57. The van der Waals surface area contributed by atoms with Gasteiger partial charge < -0.3 is 14.7 Å². The molecule has 2 N–H and O–H groups in total. The zero-order valence-corrected chi connectivity index (χ0v) is 29.8. The summed E-state index contributed by atoms with van der Waals surface area (Å²) in [5.41, 5.74) is 5.70. The van der Waals surface area contributed by atoms with E-state index in [0.717, 1.165) is 34.2 Å². The van der Waals surface area contributed by atoms with Crippen LogP contribution in [-0.2, 0) is 15.5 Å². The van der Waals surface area contributed by atoms with Gasteiger partial charge in [0.25, 0.3) is 10.1 Å². The number of nitrogens with zero attached hydrogens (tertiary/aromatic N) is 2. The van der Waals surface area contributed by atoms with Crippen molar-refractivity contribution in [1.82, 2.24) is 4.58 Å². The highest BCUT2D eigenvalue weighted by atomic mass is 32.2. The number of anilines is 1. The largest absolute Gasteiger partial charge is 0.478 e. The first-order chi connectivity index (χ1) is 21.6. The number of ether oxygens (including phenoxy) is 1. The van der Waals surface area contributed by atoms with Crippen LogP contribution in [0.4, 0.5) is 5.69 Å². The van der Waals surface area contributed by atoms with Gasteiger partial charge in [0.2, 0.25) is 5.36 Å². The van der Waals surface area contributed by atoms with E-state index in [0.29, 0.717) is 39.0 Å². The molecule has 0 radical (unpaired) electrons. The first-order valence-corrected chi connectivity index (χ1v) is 17.6. The van der Waals surface area contributed by atoms with E-state index in [1.807, 2.05) is 51.2 Å². The lowest BCUT2D eigenvalue weighted by atomic mass is 9.77. The summed E-state index contributed by atoms with van der Waals surface area (Å²) in [4.78, 5) is 15.1. The predicted molar refractivity (Wildman–Crippen MR) is 187 cm³/mol. The van der Waals surface area contributed by atoms with Crippen LogP contribution in [0.1, 0.15) is 106 Å². The van der Waals surface area contributed by atoms with Gasteiger partial charge in [-0.25, -0.2) is 9.37 Å². The number of carbonyl (C=O) groups is 1. The lowest BCUT2D eigenvalue weighted by molar-refractivity contribution is 0.0696. The Labute approximate surface area is 277 Å². The van der Waals surface area contributed by atoms with Crippen LogP contribution in [-0.4, -0.2) is 55.0 Å². The molecule has 3 aliphatic heterocycles. The van der Waals surface area contributed by atoms with Gasteiger partial charge in [-0.2, -0.15) is 8.42 Å². The average molecular weight is 658 g/mol. The Morgan fingerprint density at radius 1 is 1.02 bits per heavy atom. The minimum absolute atomic E-state index is 0.0690. The van der Waals surface area contributed by atoms with E-state index in [-0.39, 0.29) is 22.4 Å². The number of benzene rings is 3. The Morgan fingerprint density at radius 3 is 2.32 bits per heavy atom. The van der Waals surface area contributed by atoms with E-state index in [1.54, 1.807) is 6.07 Å². The van der Waals surface area contributed by atoms with Crippen molar-refractivity contribution in [2.24, 2.45) is 0 Å². The van der Waals surface area contributed by atoms with E-state index < -0.39 is 27.4 Å². The molecule has 47 heavy (non-hydrogen) atoms. The highest BCUT2D eigenvalue weighted by Crippen LogP contribution is 2.48. The standard InChI is InChI=1S/C38H44N2O6S/c1-21-18-37(5,6)39(9)30-16-32-28(14-25(21)30)34(27-13-23(36(2,3)4)11-12-24(27)35(41)42)29-15-26-22(20-47(43,44)45)19-38(7,8)40(10)31(26)17-33(29)46-32/h11-17,19,21H,18,20H2,1-10H3,(H-,41,42,43,44,45)/p+1. The normalized spacial score (nSPS) is 19.6. The summed E-state index contributed by atoms with van der Waals surface area (Å²) in [6.07, 6.45) is 2.81. The number of carboxylic acids is 1. The van der Waals surface area contributed by atoms with Gasteiger partial charge in [-0.3, -0.25) is 4.55 Å². The Balaban J connectivity index is 1.79. The SMILES string of the molecule is CC1CC(C)(C)N(C)c2cc3c(cc21)C(c1cc(C(C)(C)C)ccc1C(=O)O)=c1cc2c(cc1O3)=[N+](C)C(C)(C)C=C2CS(=O)(=O)O. The number of carboxylic acid groups (broad SMARTS) is 1. The maximum atomic E-state index is 12.8. The van der Waals surface area contributed by atoms with Gasteiger partial charge in [0.15, 0.2) is 5.54 Å². The minimum Gasteiger partial charge on any atom is -0.478 e. The molecule has 0 fully saturated rings. The third-order valence-electron chi connectivity index (χ3n) is 10.4. The molecule has 9 heteroatoms.